The third-order valence-corrected chi connectivity index (χ3v) is 2.30. The Bertz CT molecular complexity index is 315. The Morgan fingerprint density at radius 1 is 1.13 bits per heavy atom. The Balaban J connectivity index is 2.23. The molecule has 80 valence electrons. The lowest BCUT2D eigenvalue weighted by molar-refractivity contribution is 0.306. The first-order chi connectivity index (χ1) is 7.36. The molecule has 0 saturated heterocycles. The quantitative estimate of drug-likeness (QED) is 0.547. The molecule has 0 unspecified atom stereocenters. The normalized spacial score (nSPS) is 9.60. The van der Waals surface area contributed by atoms with E-state index in [0.29, 0.717) is 12.2 Å². The number of ether oxygens (including phenoxy) is 1. The molecular weight excluding hydrogens is 210 g/mol. The van der Waals surface area contributed by atoms with Gasteiger partial charge in [0.1, 0.15) is 5.75 Å². The average Bonchev–Trinajstić information content (AvgIpc) is 2.30. The van der Waals surface area contributed by atoms with Gasteiger partial charge in [-0.15, -0.1) is 11.6 Å². The highest BCUT2D eigenvalue weighted by Crippen LogP contribution is 2.12. The van der Waals surface area contributed by atoms with E-state index in [1.807, 2.05) is 12.1 Å². The van der Waals surface area contributed by atoms with Gasteiger partial charge in [0.25, 0.3) is 0 Å². The van der Waals surface area contributed by atoms with Crippen LogP contribution in [-0.2, 0) is 0 Å². The molecule has 15 heavy (non-hydrogen) atoms. The molecule has 0 N–H and O–H groups in total. The summed E-state index contributed by atoms with van der Waals surface area (Å²) in [5, 5.41) is 8.60. The van der Waals surface area contributed by atoms with Gasteiger partial charge in [0.05, 0.1) is 18.2 Å². The van der Waals surface area contributed by atoms with Crippen molar-refractivity contribution in [1.29, 1.82) is 5.26 Å². The molecule has 0 radical (unpaired) electrons. The van der Waals surface area contributed by atoms with Crippen molar-refractivity contribution in [3.63, 3.8) is 0 Å². The Morgan fingerprint density at radius 2 is 1.87 bits per heavy atom. The van der Waals surface area contributed by atoms with Gasteiger partial charge in [0, 0.05) is 5.88 Å². The Hall–Kier alpha value is -1.20. The van der Waals surface area contributed by atoms with E-state index < -0.39 is 0 Å². The molecule has 0 heterocycles. The number of unbranched alkanes of at least 4 members (excludes halogenated alkanes) is 2. The van der Waals surface area contributed by atoms with E-state index in [0.717, 1.165) is 30.9 Å². The topological polar surface area (TPSA) is 33.0 Å². The van der Waals surface area contributed by atoms with E-state index in [1.54, 1.807) is 12.1 Å². The van der Waals surface area contributed by atoms with Crippen LogP contribution in [0.3, 0.4) is 0 Å². The summed E-state index contributed by atoms with van der Waals surface area (Å²) in [6.07, 6.45) is 3.16. The summed E-state index contributed by atoms with van der Waals surface area (Å²) < 4.78 is 5.50. The van der Waals surface area contributed by atoms with Gasteiger partial charge in [0.15, 0.2) is 0 Å². The molecule has 0 aliphatic rings. The number of benzene rings is 1. The van der Waals surface area contributed by atoms with Crippen LogP contribution in [0.15, 0.2) is 24.3 Å². The molecule has 1 rings (SSSR count). The fraction of sp³-hybridized carbons (Fsp3) is 0.417. The van der Waals surface area contributed by atoms with Crippen LogP contribution in [0, 0.1) is 11.3 Å². The molecule has 2 nitrogen and oxygen atoms in total. The summed E-state index contributed by atoms with van der Waals surface area (Å²) in [5.41, 5.74) is 0.657. The minimum Gasteiger partial charge on any atom is -0.494 e. The summed E-state index contributed by atoms with van der Waals surface area (Å²) in [5.74, 6) is 1.54. The second-order valence-corrected chi connectivity index (χ2v) is 3.61. The number of hydrogen-bond donors (Lipinski definition) is 0. The molecule has 0 atom stereocenters. The number of alkyl halides is 1. The van der Waals surface area contributed by atoms with Crippen molar-refractivity contribution in [1.82, 2.24) is 0 Å². The summed E-state index contributed by atoms with van der Waals surface area (Å²) in [6, 6.07) is 9.22. The molecular formula is C12H14ClNO. The lowest BCUT2D eigenvalue weighted by Crippen LogP contribution is -1.97. The van der Waals surface area contributed by atoms with E-state index in [4.69, 9.17) is 21.6 Å². The predicted molar refractivity (Wildman–Crippen MR) is 61.2 cm³/mol. The van der Waals surface area contributed by atoms with E-state index in [2.05, 4.69) is 6.07 Å². The second kappa shape index (κ2) is 7.14. The summed E-state index contributed by atoms with van der Waals surface area (Å²) in [6.45, 7) is 0.711. The standard InChI is InChI=1S/C12H14ClNO/c13-8-2-1-3-9-15-12-6-4-11(10-14)5-7-12/h4-7H,1-3,8-9H2. The molecule has 0 spiro atoms. The number of hydrogen-bond acceptors (Lipinski definition) is 2. The third-order valence-electron chi connectivity index (χ3n) is 2.03. The average molecular weight is 224 g/mol. The van der Waals surface area contributed by atoms with E-state index in [-0.39, 0.29) is 0 Å². The van der Waals surface area contributed by atoms with Crippen molar-refractivity contribution in [2.75, 3.05) is 12.5 Å². The van der Waals surface area contributed by atoms with Gasteiger partial charge in [-0.05, 0) is 43.5 Å². The van der Waals surface area contributed by atoms with Crippen molar-refractivity contribution >= 4 is 11.6 Å². The van der Waals surface area contributed by atoms with Crippen LogP contribution in [0.1, 0.15) is 24.8 Å². The lowest BCUT2D eigenvalue weighted by atomic mass is 10.2. The molecule has 0 aromatic heterocycles. The van der Waals surface area contributed by atoms with Crippen LogP contribution in [0.25, 0.3) is 0 Å². The second-order valence-electron chi connectivity index (χ2n) is 3.23. The van der Waals surface area contributed by atoms with Crippen molar-refractivity contribution in [2.45, 2.75) is 19.3 Å². The van der Waals surface area contributed by atoms with E-state index in [1.165, 1.54) is 0 Å². The number of nitriles is 1. The maximum Gasteiger partial charge on any atom is 0.119 e. The minimum atomic E-state index is 0.657. The maximum absolute atomic E-state index is 8.60. The first kappa shape index (κ1) is 11.9. The summed E-state index contributed by atoms with van der Waals surface area (Å²) in [4.78, 5) is 0. The Kier molecular flexibility index (Phi) is 5.65. The molecule has 0 aliphatic carbocycles. The molecule has 0 saturated carbocycles. The molecule has 0 fully saturated rings. The van der Waals surface area contributed by atoms with E-state index >= 15 is 0 Å². The monoisotopic (exact) mass is 223 g/mol. The number of rotatable bonds is 6. The van der Waals surface area contributed by atoms with Gasteiger partial charge < -0.3 is 4.74 Å². The third kappa shape index (κ3) is 4.71. The number of nitrogens with zero attached hydrogens (tertiary/aromatic N) is 1. The number of halogens is 1. The highest BCUT2D eigenvalue weighted by molar-refractivity contribution is 6.17. The predicted octanol–water partition coefficient (Wildman–Crippen LogP) is 3.35. The molecule has 1 aromatic rings. The molecule has 1 aromatic carbocycles. The van der Waals surface area contributed by atoms with Crippen LogP contribution in [0.2, 0.25) is 0 Å². The van der Waals surface area contributed by atoms with Crippen molar-refractivity contribution in [3.05, 3.63) is 29.8 Å². The highest BCUT2D eigenvalue weighted by atomic mass is 35.5. The van der Waals surface area contributed by atoms with E-state index in [9.17, 15) is 0 Å². The molecule has 0 amide bonds. The van der Waals surface area contributed by atoms with Crippen molar-refractivity contribution < 1.29 is 4.74 Å². The van der Waals surface area contributed by atoms with Gasteiger partial charge in [0.2, 0.25) is 0 Å². The lowest BCUT2D eigenvalue weighted by Gasteiger charge is -2.05. The summed E-state index contributed by atoms with van der Waals surface area (Å²) in [7, 11) is 0. The molecule has 0 aliphatic heterocycles. The van der Waals surface area contributed by atoms with Crippen LogP contribution in [-0.4, -0.2) is 12.5 Å². The zero-order chi connectivity index (χ0) is 10.9. The fourth-order valence-corrected chi connectivity index (χ4v) is 1.38. The van der Waals surface area contributed by atoms with Gasteiger partial charge in [-0.1, -0.05) is 0 Å². The largest absolute Gasteiger partial charge is 0.494 e. The van der Waals surface area contributed by atoms with Crippen LogP contribution in [0.5, 0.6) is 5.75 Å². The Morgan fingerprint density at radius 3 is 2.47 bits per heavy atom. The maximum atomic E-state index is 8.60. The smallest absolute Gasteiger partial charge is 0.119 e. The van der Waals surface area contributed by atoms with Gasteiger partial charge >= 0.3 is 0 Å². The van der Waals surface area contributed by atoms with Crippen LogP contribution >= 0.6 is 11.6 Å². The van der Waals surface area contributed by atoms with Gasteiger partial charge in [-0.2, -0.15) is 5.26 Å². The molecule has 0 bridgehead atoms. The van der Waals surface area contributed by atoms with Crippen LogP contribution < -0.4 is 4.74 Å². The zero-order valence-electron chi connectivity index (χ0n) is 8.58. The highest BCUT2D eigenvalue weighted by Gasteiger charge is 1.94. The van der Waals surface area contributed by atoms with Crippen LogP contribution in [0.4, 0.5) is 0 Å². The fourth-order valence-electron chi connectivity index (χ4n) is 1.19. The molecule has 3 heteroatoms. The van der Waals surface area contributed by atoms with Crippen molar-refractivity contribution in [3.8, 4) is 11.8 Å². The van der Waals surface area contributed by atoms with Gasteiger partial charge in [-0.3, -0.25) is 0 Å². The first-order valence-electron chi connectivity index (χ1n) is 5.06. The van der Waals surface area contributed by atoms with Crippen molar-refractivity contribution in [2.24, 2.45) is 0 Å². The first-order valence-corrected chi connectivity index (χ1v) is 5.59. The zero-order valence-corrected chi connectivity index (χ0v) is 9.33. The summed E-state index contributed by atoms with van der Waals surface area (Å²) >= 11 is 5.56. The van der Waals surface area contributed by atoms with Gasteiger partial charge in [-0.25, -0.2) is 0 Å². The SMILES string of the molecule is N#Cc1ccc(OCCCCCCl)cc1. The minimum absolute atomic E-state index is 0.657. The Labute approximate surface area is 95.4 Å².